The number of hydrogen-bond acceptors (Lipinski definition) is 3. The lowest BCUT2D eigenvalue weighted by Gasteiger charge is -2.42. The van der Waals surface area contributed by atoms with Gasteiger partial charge in [0.05, 0.1) is 5.60 Å². The minimum absolute atomic E-state index is 0.141. The minimum atomic E-state index is 0.141. The number of nitrogens with zero attached hydrogens (tertiary/aromatic N) is 1. The Morgan fingerprint density at radius 3 is 2.64 bits per heavy atom. The predicted molar refractivity (Wildman–Crippen MR) is 89.0 cm³/mol. The molecule has 0 N–H and O–H groups in total. The molecule has 0 bridgehead atoms. The highest BCUT2D eigenvalue weighted by molar-refractivity contribution is 5.21. The van der Waals surface area contributed by atoms with Crippen LogP contribution >= 0.6 is 0 Å². The second kappa shape index (κ2) is 7.12. The molecular weight excluding hydrogens is 274 g/mol. The van der Waals surface area contributed by atoms with Crippen LogP contribution in [0, 0.1) is 12.8 Å². The second-order valence-corrected chi connectivity index (χ2v) is 6.94. The van der Waals surface area contributed by atoms with Crippen LogP contribution in [0.4, 0.5) is 0 Å². The van der Waals surface area contributed by atoms with Crippen LogP contribution in [0.15, 0.2) is 24.3 Å². The molecule has 3 rings (SSSR count). The first-order valence-corrected chi connectivity index (χ1v) is 8.63. The van der Waals surface area contributed by atoms with Gasteiger partial charge in [-0.15, -0.1) is 0 Å². The minimum Gasteiger partial charge on any atom is -0.385 e. The zero-order valence-corrected chi connectivity index (χ0v) is 14.0. The lowest BCUT2D eigenvalue weighted by atomic mass is 9.78. The molecule has 1 aromatic rings. The zero-order chi connectivity index (χ0) is 15.4. The Balaban J connectivity index is 1.54. The largest absolute Gasteiger partial charge is 0.385 e. The van der Waals surface area contributed by atoms with Crippen LogP contribution in [0.1, 0.15) is 36.8 Å². The average Bonchev–Trinajstić information content (AvgIpc) is 2.92. The summed E-state index contributed by atoms with van der Waals surface area (Å²) >= 11 is 0. The van der Waals surface area contributed by atoms with Gasteiger partial charge in [0.25, 0.3) is 0 Å². The molecule has 2 heterocycles. The van der Waals surface area contributed by atoms with Gasteiger partial charge in [-0.1, -0.05) is 29.8 Å². The molecule has 1 aromatic carbocycles. The summed E-state index contributed by atoms with van der Waals surface area (Å²) in [5, 5.41) is 0. The van der Waals surface area contributed by atoms with Gasteiger partial charge in [-0.05, 0) is 44.1 Å². The predicted octanol–water partition coefficient (Wildman–Crippen LogP) is 3.40. The summed E-state index contributed by atoms with van der Waals surface area (Å²) in [7, 11) is 1.80. The fourth-order valence-corrected chi connectivity index (χ4v) is 4.05. The summed E-state index contributed by atoms with van der Waals surface area (Å²) in [5.41, 5.74) is 2.90. The highest BCUT2D eigenvalue weighted by atomic mass is 16.5. The topological polar surface area (TPSA) is 21.7 Å². The molecule has 22 heavy (non-hydrogen) atoms. The molecule has 2 fully saturated rings. The fourth-order valence-electron chi connectivity index (χ4n) is 4.05. The van der Waals surface area contributed by atoms with Gasteiger partial charge in [-0.2, -0.15) is 0 Å². The van der Waals surface area contributed by atoms with E-state index in [0.29, 0.717) is 5.92 Å². The Kier molecular flexibility index (Phi) is 5.17. The van der Waals surface area contributed by atoms with Crippen molar-refractivity contribution in [3.63, 3.8) is 0 Å². The Bertz CT molecular complexity index is 463. The Hall–Kier alpha value is -0.900. The maximum Gasteiger partial charge on any atom is 0.0736 e. The Labute approximate surface area is 134 Å². The summed E-state index contributed by atoms with van der Waals surface area (Å²) in [6.07, 6.45) is 4.70. The van der Waals surface area contributed by atoms with Crippen LogP contribution in [0.2, 0.25) is 0 Å². The number of benzene rings is 1. The standard InChI is InChI=1S/C19H29NO2/c1-16-3-5-17(6-4-16)15-20-11-9-19(10-12-20)18(7-13-21-2)8-14-22-19/h3-6,18H,7-15H2,1-2H3/t18-/m0/s1. The van der Waals surface area contributed by atoms with Crippen LogP contribution in [0.25, 0.3) is 0 Å². The number of piperidine rings is 1. The van der Waals surface area contributed by atoms with E-state index in [9.17, 15) is 0 Å². The van der Waals surface area contributed by atoms with Crippen molar-refractivity contribution in [2.45, 2.75) is 44.8 Å². The number of aryl methyl sites for hydroxylation is 1. The van der Waals surface area contributed by atoms with Crippen molar-refractivity contribution in [2.24, 2.45) is 5.92 Å². The van der Waals surface area contributed by atoms with Crippen molar-refractivity contribution < 1.29 is 9.47 Å². The molecule has 1 atom stereocenters. The van der Waals surface area contributed by atoms with Gasteiger partial charge >= 0.3 is 0 Å². The normalized spacial score (nSPS) is 24.9. The fraction of sp³-hybridized carbons (Fsp3) is 0.684. The SMILES string of the molecule is COCC[C@H]1CCOC12CCN(Cc1ccc(C)cc1)CC2. The van der Waals surface area contributed by atoms with Gasteiger partial charge in [-0.3, -0.25) is 4.90 Å². The van der Waals surface area contributed by atoms with E-state index in [1.54, 1.807) is 7.11 Å². The van der Waals surface area contributed by atoms with Gasteiger partial charge in [0.15, 0.2) is 0 Å². The number of ether oxygens (including phenoxy) is 2. The zero-order valence-electron chi connectivity index (χ0n) is 14.0. The van der Waals surface area contributed by atoms with Crippen molar-refractivity contribution in [1.29, 1.82) is 0 Å². The van der Waals surface area contributed by atoms with E-state index in [2.05, 4.69) is 36.1 Å². The third kappa shape index (κ3) is 3.53. The van der Waals surface area contributed by atoms with Gasteiger partial charge in [0.1, 0.15) is 0 Å². The van der Waals surface area contributed by atoms with Crippen LogP contribution < -0.4 is 0 Å². The summed E-state index contributed by atoms with van der Waals surface area (Å²) in [4.78, 5) is 2.57. The second-order valence-electron chi connectivity index (χ2n) is 6.94. The van der Waals surface area contributed by atoms with E-state index >= 15 is 0 Å². The maximum atomic E-state index is 6.22. The van der Waals surface area contributed by atoms with Crippen LogP contribution in [0.3, 0.4) is 0 Å². The van der Waals surface area contributed by atoms with Crippen molar-refractivity contribution >= 4 is 0 Å². The van der Waals surface area contributed by atoms with E-state index in [-0.39, 0.29) is 5.60 Å². The molecule has 0 aliphatic carbocycles. The molecule has 3 heteroatoms. The van der Waals surface area contributed by atoms with E-state index in [4.69, 9.17) is 9.47 Å². The van der Waals surface area contributed by atoms with E-state index in [0.717, 1.165) is 39.3 Å². The van der Waals surface area contributed by atoms with E-state index in [1.165, 1.54) is 30.4 Å². The third-order valence-corrected chi connectivity index (χ3v) is 5.50. The molecule has 0 radical (unpaired) electrons. The van der Waals surface area contributed by atoms with Gasteiger partial charge in [0.2, 0.25) is 0 Å². The smallest absolute Gasteiger partial charge is 0.0736 e. The van der Waals surface area contributed by atoms with Crippen molar-refractivity contribution in [3.05, 3.63) is 35.4 Å². The lowest BCUT2D eigenvalue weighted by Crippen LogP contribution is -2.47. The molecule has 2 saturated heterocycles. The quantitative estimate of drug-likeness (QED) is 0.832. The van der Waals surface area contributed by atoms with Gasteiger partial charge < -0.3 is 9.47 Å². The van der Waals surface area contributed by atoms with Gasteiger partial charge in [0, 0.05) is 40.0 Å². The van der Waals surface area contributed by atoms with Crippen LogP contribution in [0.5, 0.6) is 0 Å². The van der Waals surface area contributed by atoms with Crippen molar-refractivity contribution in [3.8, 4) is 0 Å². The van der Waals surface area contributed by atoms with Crippen molar-refractivity contribution in [1.82, 2.24) is 4.90 Å². The highest BCUT2D eigenvalue weighted by Crippen LogP contribution is 2.42. The number of rotatable bonds is 5. The number of likely N-dealkylation sites (tertiary alicyclic amines) is 1. The van der Waals surface area contributed by atoms with Crippen LogP contribution in [-0.4, -0.2) is 43.9 Å². The molecule has 0 amide bonds. The first-order valence-electron chi connectivity index (χ1n) is 8.63. The first kappa shape index (κ1) is 16.0. The molecule has 1 spiro atoms. The Morgan fingerprint density at radius 2 is 1.95 bits per heavy atom. The maximum absolute atomic E-state index is 6.22. The lowest BCUT2D eigenvalue weighted by molar-refractivity contribution is -0.0721. The summed E-state index contributed by atoms with van der Waals surface area (Å²) in [6.45, 7) is 7.31. The number of hydrogen-bond donors (Lipinski definition) is 0. The Morgan fingerprint density at radius 1 is 1.23 bits per heavy atom. The summed E-state index contributed by atoms with van der Waals surface area (Å²) < 4.78 is 11.5. The van der Waals surface area contributed by atoms with E-state index in [1.807, 2.05) is 0 Å². The average molecular weight is 303 g/mol. The molecule has 0 saturated carbocycles. The molecule has 0 aromatic heterocycles. The molecule has 0 unspecified atom stereocenters. The summed E-state index contributed by atoms with van der Waals surface area (Å²) in [5.74, 6) is 0.689. The summed E-state index contributed by atoms with van der Waals surface area (Å²) in [6, 6.07) is 8.93. The highest BCUT2D eigenvalue weighted by Gasteiger charge is 2.45. The third-order valence-electron chi connectivity index (χ3n) is 5.50. The van der Waals surface area contributed by atoms with E-state index < -0.39 is 0 Å². The molecule has 122 valence electrons. The molecule has 3 nitrogen and oxygen atoms in total. The first-order chi connectivity index (χ1) is 10.7. The van der Waals surface area contributed by atoms with Crippen LogP contribution in [-0.2, 0) is 16.0 Å². The molecule has 2 aliphatic rings. The number of methoxy groups -OCH3 is 1. The molecular formula is C19H29NO2. The monoisotopic (exact) mass is 303 g/mol. The molecule has 2 aliphatic heterocycles. The van der Waals surface area contributed by atoms with Crippen molar-refractivity contribution in [2.75, 3.05) is 33.4 Å². The van der Waals surface area contributed by atoms with Gasteiger partial charge in [-0.25, -0.2) is 0 Å².